The first-order valence-electron chi connectivity index (χ1n) is 6.84. The number of nitrogens with zero attached hydrogens (tertiary/aromatic N) is 1. The lowest BCUT2D eigenvalue weighted by atomic mass is 10.1. The Hall–Kier alpha value is -2.75. The predicted octanol–water partition coefficient (Wildman–Crippen LogP) is 3.70. The number of rotatable bonds is 5. The fourth-order valence-electron chi connectivity index (χ4n) is 2.30. The minimum Gasteiger partial charge on any atom is -0.467 e. The second kappa shape index (κ2) is 6.13. The van der Waals surface area contributed by atoms with Crippen molar-refractivity contribution in [1.29, 1.82) is 0 Å². The van der Waals surface area contributed by atoms with Crippen LogP contribution in [0.15, 0.2) is 77.7 Å². The third kappa shape index (κ3) is 3.23. The Morgan fingerprint density at radius 1 is 1.05 bits per heavy atom. The Bertz CT molecular complexity index is 639. The van der Waals surface area contributed by atoms with Gasteiger partial charge in [0.05, 0.1) is 18.7 Å². The van der Waals surface area contributed by atoms with Crippen LogP contribution >= 0.6 is 0 Å². The monoisotopic (exact) mass is 280 g/mol. The summed E-state index contributed by atoms with van der Waals surface area (Å²) in [5.74, 6) is 0.728. The molecule has 2 aromatic heterocycles. The molecule has 0 saturated carbocycles. The van der Waals surface area contributed by atoms with Crippen molar-refractivity contribution in [3.8, 4) is 0 Å². The van der Waals surface area contributed by atoms with Gasteiger partial charge in [0, 0.05) is 18.1 Å². The standard InChI is InChI=1S/C17H16N2O2/c20-17(18-14-7-2-1-3-8-14)13-15(16-9-6-12-21-16)19-10-4-5-11-19/h1-12,15H,13H2,(H,18,20)/t15-/m0/s1. The number of amides is 1. The number of benzene rings is 1. The molecule has 1 N–H and O–H groups in total. The molecule has 1 atom stereocenters. The van der Waals surface area contributed by atoms with Crippen LogP contribution in [0.3, 0.4) is 0 Å². The van der Waals surface area contributed by atoms with Gasteiger partial charge < -0.3 is 14.3 Å². The number of para-hydroxylation sites is 1. The molecule has 1 aromatic carbocycles. The summed E-state index contributed by atoms with van der Waals surface area (Å²) in [6.45, 7) is 0. The average molecular weight is 280 g/mol. The maximum atomic E-state index is 12.2. The van der Waals surface area contributed by atoms with Gasteiger partial charge in [0.1, 0.15) is 5.76 Å². The Labute approximate surface area is 123 Å². The molecular formula is C17H16N2O2. The van der Waals surface area contributed by atoms with Crippen LogP contribution in [0.25, 0.3) is 0 Å². The first kappa shape index (κ1) is 13.2. The second-order valence-electron chi connectivity index (χ2n) is 4.78. The van der Waals surface area contributed by atoms with Gasteiger partial charge in [0.25, 0.3) is 0 Å². The second-order valence-corrected chi connectivity index (χ2v) is 4.78. The topological polar surface area (TPSA) is 47.2 Å². The quantitative estimate of drug-likeness (QED) is 0.774. The zero-order valence-electron chi connectivity index (χ0n) is 11.5. The fourth-order valence-corrected chi connectivity index (χ4v) is 2.30. The van der Waals surface area contributed by atoms with Gasteiger partial charge in [-0.05, 0) is 36.4 Å². The molecule has 3 rings (SSSR count). The number of nitrogens with one attached hydrogen (secondary N) is 1. The van der Waals surface area contributed by atoms with Crippen LogP contribution in [0.1, 0.15) is 18.2 Å². The van der Waals surface area contributed by atoms with Gasteiger partial charge in [0.15, 0.2) is 0 Å². The van der Waals surface area contributed by atoms with Crippen LogP contribution in [-0.2, 0) is 4.79 Å². The largest absolute Gasteiger partial charge is 0.467 e. The van der Waals surface area contributed by atoms with Crippen LogP contribution in [0.5, 0.6) is 0 Å². The molecule has 21 heavy (non-hydrogen) atoms. The van der Waals surface area contributed by atoms with E-state index in [4.69, 9.17) is 4.42 Å². The van der Waals surface area contributed by atoms with Crippen LogP contribution in [0.4, 0.5) is 5.69 Å². The predicted molar refractivity (Wildman–Crippen MR) is 81.0 cm³/mol. The van der Waals surface area contributed by atoms with Gasteiger partial charge in [0.2, 0.25) is 5.91 Å². The van der Waals surface area contributed by atoms with E-state index in [9.17, 15) is 4.79 Å². The molecular weight excluding hydrogens is 264 g/mol. The van der Waals surface area contributed by atoms with E-state index in [2.05, 4.69) is 5.32 Å². The van der Waals surface area contributed by atoms with Gasteiger partial charge in [-0.1, -0.05) is 18.2 Å². The van der Waals surface area contributed by atoms with E-state index in [1.807, 2.05) is 71.6 Å². The lowest BCUT2D eigenvalue weighted by molar-refractivity contribution is -0.116. The summed E-state index contributed by atoms with van der Waals surface area (Å²) >= 11 is 0. The van der Waals surface area contributed by atoms with Crippen molar-refractivity contribution in [3.63, 3.8) is 0 Å². The summed E-state index contributed by atoms with van der Waals surface area (Å²) in [6.07, 6.45) is 5.81. The normalized spacial score (nSPS) is 12.0. The molecule has 0 aliphatic rings. The van der Waals surface area contributed by atoms with E-state index in [1.165, 1.54) is 0 Å². The fraction of sp³-hybridized carbons (Fsp3) is 0.118. The van der Waals surface area contributed by atoms with E-state index in [1.54, 1.807) is 6.26 Å². The van der Waals surface area contributed by atoms with E-state index in [0.29, 0.717) is 6.42 Å². The van der Waals surface area contributed by atoms with E-state index in [0.717, 1.165) is 11.4 Å². The van der Waals surface area contributed by atoms with Crippen molar-refractivity contribution in [2.24, 2.45) is 0 Å². The Morgan fingerprint density at radius 3 is 2.48 bits per heavy atom. The van der Waals surface area contributed by atoms with Crippen LogP contribution in [0, 0.1) is 0 Å². The average Bonchev–Trinajstić information content (AvgIpc) is 3.19. The molecule has 1 amide bonds. The Morgan fingerprint density at radius 2 is 1.81 bits per heavy atom. The summed E-state index contributed by atoms with van der Waals surface area (Å²) in [5, 5.41) is 2.90. The zero-order chi connectivity index (χ0) is 14.5. The van der Waals surface area contributed by atoms with Crippen LogP contribution < -0.4 is 5.32 Å². The SMILES string of the molecule is O=C(C[C@@H](c1ccco1)n1cccc1)Nc1ccccc1. The molecule has 0 spiro atoms. The highest BCUT2D eigenvalue weighted by Gasteiger charge is 2.19. The van der Waals surface area contributed by atoms with Crippen molar-refractivity contribution in [2.45, 2.75) is 12.5 Å². The lowest BCUT2D eigenvalue weighted by Crippen LogP contribution is -2.19. The van der Waals surface area contributed by atoms with Crippen molar-refractivity contribution < 1.29 is 9.21 Å². The zero-order valence-corrected chi connectivity index (χ0v) is 11.5. The number of hydrogen-bond acceptors (Lipinski definition) is 2. The van der Waals surface area contributed by atoms with Gasteiger partial charge in [-0.15, -0.1) is 0 Å². The molecule has 0 aliphatic carbocycles. The van der Waals surface area contributed by atoms with E-state index >= 15 is 0 Å². The maximum Gasteiger partial charge on any atom is 0.226 e. The van der Waals surface area contributed by atoms with Gasteiger partial charge in [-0.3, -0.25) is 4.79 Å². The third-order valence-corrected chi connectivity index (χ3v) is 3.30. The van der Waals surface area contributed by atoms with Gasteiger partial charge >= 0.3 is 0 Å². The molecule has 0 unspecified atom stereocenters. The third-order valence-electron chi connectivity index (χ3n) is 3.30. The molecule has 2 heterocycles. The highest BCUT2D eigenvalue weighted by atomic mass is 16.3. The van der Waals surface area contributed by atoms with Crippen molar-refractivity contribution in [1.82, 2.24) is 4.57 Å². The highest BCUT2D eigenvalue weighted by Crippen LogP contribution is 2.23. The van der Waals surface area contributed by atoms with Crippen LogP contribution in [0.2, 0.25) is 0 Å². The molecule has 3 aromatic rings. The molecule has 0 aliphatic heterocycles. The Balaban J connectivity index is 1.75. The van der Waals surface area contributed by atoms with Crippen molar-refractivity contribution in [3.05, 3.63) is 79.0 Å². The highest BCUT2D eigenvalue weighted by molar-refractivity contribution is 5.91. The number of hydrogen-bond donors (Lipinski definition) is 1. The molecule has 4 heteroatoms. The number of anilines is 1. The van der Waals surface area contributed by atoms with Crippen molar-refractivity contribution in [2.75, 3.05) is 5.32 Å². The minimum atomic E-state index is -0.140. The summed E-state index contributed by atoms with van der Waals surface area (Å²) in [4.78, 5) is 12.2. The van der Waals surface area contributed by atoms with Crippen LogP contribution in [-0.4, -0.2) is 10.5 Å². The van der Waals surface area contributed by atoms with E-state index in [-0.39, 0.29) is 11.9 Å². The molecule has 4 nitrogen and oxygen atoms in total. The number of furan rings is 1. The molecule has 0 saturated heterocycles. The number of carbonyl (C=O) groups excluding carboxylic acids is 1. The van der Waals surface area contributed by atoms with Gasteiger partial charge in [-0.2, -0.15) is 0 Å². The number of aromatic nitrogens is 1. The first-order chi connectivity index (χ1) is 10.3. The first-order valence-corrected chi connectivity index (χ1v) is 6.84. The van der Waals surface area contributed by atoms with E-state index < -0.39 is 0 Å². The number of carbonyl (C=O) groups is 1. The van der Waals surface area contributed by atoms with Crippen molar-refractivity contribution >= 4 is 11.6 Å². The summed E-state index contributed by atoms with van der Waals surface area (Å²) in [6, 6.07) is 16.9. The molecule has 0 fully saturated rings. The summed E-state index contributed by atoms with van der Waals surface area (Å²) in [7, 11) is 0. The minimum absolute atomic E-state index is 0.0451. The Kier molecular flexibility index (Phi) is 3.87. The summed E-state index contributed by atoms with van der Waals surface area (Å²) < 4.78 is 7.45. The molecule has 106 valence electrons. The molecule has 0 radical (unpaired) electrons. The lowest BCUT2D eigenvalue weighted by Gasteiger charge is -2.16. The maximum absolute atomic E-state index is 12.2. The smallest absolute Gasteiger partial charge is 0.226 e. The molecule has 0 bridgehead atoms. The summed E-state index contributed by atoms with van der Waals surface area (Å²) in [5.41, 5.74) is 0.799. The van der Waals surface area contributed by atoms with Gasteiger partial charge in [-0.25, -0.2) is 0 Å².